The second-order valence-electron chi connectivity index (χ2n) is 14.2. The Morgan fingerprint density at radius 1 is 1.14 bits per heavy atom. The van der Waals surface area contributed by atoms with Crippen LogP contribution in [0.1, 0.15) is 80.6 Å². The number of ketones is 1. The van der Waals surface area contributed by atoms with Crippen molar-refractivity contribution >= 4 is 11.8 Å². The average Bonchev–Trinajstić information content (AvgIpc) is 3.27. The van der Waals surface area contributed by atoms with Crippen LogP contribution in [0.4, 0.5) is 0 Å². The lowest BCUT2D eigenvalue weighted by molar-refractivity contribution is -0.319. The molecule has 0 saturated carbocycles. The first-order valence-corrected chi connectivity index (χ1v) is 16.2. The molecule has 1 aliphatic carbocycles. The van der Waals surface area contributed by atoms with E-state index in [0.29, 0.717) is 29.9 Å². The summed E-state index contributed by atoms with van der Waals surface area (Å²) in [6.45, 7) is 14.1. The van der Waals surface area contributed by atoms with Gasteiger partial charge < -0.3 is 29.2 Å². The van der Waals surface area contributed by atoms with E-state index in [9.17, 15) is 19.8 Å². The highest BCUT2D eigenvalue weighted by Crippen LogP contribution is 2.47. The van der Waals surface area contributed by atoms with Crippen LogP contribution in [0, 0.1) is 23.7 Å². The van der Waals surface area contributed by atoms with E-state index in [1.54, 1.807) is 19.1 Å². The van der Waals surface area contributed by atoms with E-state index in [4.69, 9.17) is 18.9 Å². The van der Waals surface area contributed by atoms with Crippen molar-refractivity contribution in [1.29, 1.82) is 0 Å². The molecule has 2 N–H and O–H groups in total. The van der Waals surface area contributed by atoms with Crippen molar-refractivity contribution in [3.05, 3.63) is 58.7 Å². The Morgan fingerprint density at radius 3 is 2.61 bits per heavy atom. The number of Topliss-reactive ketones (excluding diaryl/α,β-unsaturated/α-hetero) is 1. The minimum atomic E-state index is -1.75. The van der Waals surface area contributed by atoms with Gasteiger partial charge in [0.2, 0.25) is 0 Å². The van der Waals surface area contributed by atoms with Gasteiger partial charge in [-0.2, -0.15) is 0 Å². The fourth-order valence-corrected chi connectivity index (χ4v) is 7.69. The summed E-state index contributed by atoms with van der Waals surface area (Å²) in [5.41, 5.74) is 1.52. The molecular formula is C36H50O8. The zero-order chi connectivity index (χ0) is 32.0. The molecule has 4 heterocycles. The van der Waals surface area contributed by atoms with Gasteiger partial charge in [0.25, 0.3) is 0 Å². The molecule has 0 aromatic carbocycles. The molecule has 8 nitrogen and oxygen atoms in total. The Bertz CT molecular complexity index is 1290. The van der Waals surface area contributed by atoms with Crippen molar-refractivity contribution < 1.29 is 38.7 Å². The summed E-state index contributed by atoms with van der Waals surface area (Å²) in [6.07, 6.45) is 10.4. The van der Waals surface area contributed by atoms with E-state index in [-0.39, 0.29) is 43.2 Å². The van der Waals surface area contributed by atoms with Crippen LogP contribution in [0.15, 0.2) is 58.7 Å². The highest BCUT2D eigenvalue weighted by atomic mass is 16.7. The summed E-state index contributed by atoms with van der Waals surface area (Å²) >= 11 is 0. The highest BCUT2D eigenvalue weighted by Gasteiger charge is 2.60. The van der Waals surface area contributed by atoms with Crippen LogP contribution in [-0.2, 0) is 28.5 Å². The van der Waals surface area contributed by atoms with Gasteiger partial charge in [-0.25, -0.2) is 0 Å². The zero-order valence-electron chi connectivity index (χ0n) is 27.2. The minimum Gasteiger partial charge on any atom is -0.462 e. The molecule has 242 valence electrons. The van der Waals surface area contributed by atoms with Gasteiger partial charge in [-0.05, 0) is 62.2 Å². The van der Waals surface area contributed by atoms with Gasteiger partial charge in [-0.3, -0.25) is 9.59 Å². The molecule has 4 aliphatic heterocycles. The Labute approximate surface area is 261 Å². The maximum absolute atomic E-state index is 14.0. The number of hydrogen-bond acceptors (Lipinski definition) is 8. The summed E-state index contributed by atoms with van der Waals surface area (Å²) in [5, 5.41) is 23.0. The standard InChI is InChI=1S/C36H50O8/c1-20(2)13-24(6)32-25(7)30(37)18-35(44-32)17-28-16-27(43-35)12-11-22(4)14-21(3)9-8-10-26-19-41-33-31(38)23(5)15-29(34(39)42-28)36(26,33)40/h8-11,13,15,20-21,25,27-29,31-33,38,40H,12,14,16-19H2,1-7H3/b9-8+,22-11+,24-13+,26-10+/t21-,25-,27+,28-,29-,31?,32+,33+,35?,36+/m0/s1. The number of hydrogen-bond donors (Lipinski definition) is 2. The Kier molecular flexibility index (Phi) is 9.60. The van der Waals surface area contributed by atoms with Crippen molar-refractivity contribution in [2.45, 2.75) is 122 Å². The van der Waals surface area contributed by atoms with Gasteiger partial charge in [0, 0.05) is 18.8 Å². The predicted octanol–water partition coefficient (Wildman–Crippen LogP) is 5.30. The molecule has 1 spiro atoms. The van der Waals surface area contributed by atoms with E-state index in [2.05, 4.69) is 45.9 Å². The van der Waals surface area contributed by atoms with Crippen LogP contribution in [-0.4, -0.2) is 70.5 Å². The van der Waals surface area contributed by atoms with Crippen LogP contribution >= 0.6 is 0 Å². The summed E-state index contributed by atoms with van der Waals surface area (Å²) in [4.78, 5) is 27.5. The summed E-state index contributed by atoms with van der Waals surface area (Å²) in [5.74, 6) is -2.63. The maximum atomic E-state index is 14.0. The van der Waals surface area contributed by atoms with Gasteiger partial charge in [-0.1, -0.05) is 69.7 Å². The molecule has 44 heavy (non-hydrogen) atoms. The van der Waals surface area contributed by atoms with Crippen LogP contribution in [0.2, 0.25) is 0 Å². The summed E-state index contributed by atoms with van der Waals surface area (Å²) in [6, 6.07) is 0. The first kappa shape index (κ1) is 33.0. The summed E-state index contributed by atoms with van der Waals surface area (Å²) < 4.78 is 25.5. The maximum Gasteiger partial charge on any atom is 0.316 e. The van der Waals surface area contributed by atoms with Crippen molar-refractivity contribution in [3.8, 4) is 0 Å². The number of carbonyl (C=O) groups excluding carboxylic acids is 2. The first-order valence-electron chi connectivity index (χ1n) is 16.2. The molecule has 0 amide bonds. The molecule has 3 saturated heterocycles. The zero-order valence-corrected chi connectivity index (χ0v) is 27.2. The van der Waals surface area contributed by atoms with E-state index < -0.39 is 47.7 Å². The number of esters is 1. The van der Waals surface area contributed by atoms with Gasteiger partial charge in [0.15, 0.2) is 5.79 Å². The van der Waals surface area contributed by atoms with Gasteiger partial charge in [0.1, 0.15) is 35.6 Å². The highest BCUT2D eigenvalue weighted by molar-refractivity contribution is 5.83. The largest absolute Gasteiger partial charge is 0.462 e. The third kappa shape index (κ3) is 6.47. The molecule has 3 fully saturated rings. The third-order valence-corrected chi connectivity index (χ3v) is 9.91. The molecule has 8 heteroatoms. The molecule has 10 atom stereocenters. The fraction of sp³-hybridized carbons (Fsp3) is 0.667. The fourth-order valence-electron chi connectivity index (χ4n) is 7.69. The van der Waals surface area contributed by atoms with Crippen molar-refractivity contribution in [3.63, 3.8) is 0 Å². The monoisotopic (exact) mass is 610 g/mol. The molecule has 2 unspecified atom stereocenters. The second-order valence-corrected chi connectivity index (χ2v) is 14.2. The van der Waals surface area contributed by atoms with Crippen molar-refractivity contribution in [2.75, 3.05) is 6.61 Å². The van der Waals surface area contributed by atoms with Gasteiger partial charge >= 0.3 is 5.97 Å². The normalized spacial score (nSPS) is 45.1. The number of allylic oxidation sites excluding steroid dienone is 5. The molecule has 2 bridgehead atoms. The van der Waals surface area contributed by atoms with Crippen LogP contribution in [0.25, 0.3) is 0 Å². The van der Waals surface area contributed by atoms with Crippen LogP contribution in [0.5, 0.6) is 0 Å². The smallest absolute Gasteiger partial charge is 0.316 e. The molecule has 0 aromatic rings. The lowest BCUT2D eigenvalue weighted by atomic mass is 9.71. The number of carbonyl (C=O) groups is 2. The number of fused-ring (bicyclic) bond motifs is 2. The van der Waals surface area contributed by atoms with E-state index >= 15 is 0 Å². The Balaban J connectivity index is 1.53. The van der Waals surface area contributed by atoms with Crippen LogP contribution in [0.3, 0.4) is 0 Å². The van der Waals surface area contributed by atoms with Crippen LogP contribution < -0.4 is 0 Å². The SMILES string of the molecule is CC1=C[C@H]2C(=O)O[C@H]3C[C@@H](C/C=C(\C)C[C@@H](C)/C=C/C=C4\CO[C@H](C1O)[C@@]42O)OC1(CC(=O)[C@H](C)[C@@H](/C(C)=C/C(C)C)O1)C3. The topological polar surface area (TPSA) is 112 Å². The second kappa shape index (κ2) is 12.8. The van der Waals surface area contributed by atoms with E-state index in [1.165, 1.54) is 5.57 Å². The molecule has 5 rings (SSSR count). The van der Waals surface area contributed by atoms with E-state index in [0.717, 1.165) is 12.0 Å². The van der Waals surface area contributed by atoms with Crippen molar-refractivity contribution in [1.82, 2.24) is 0 Å². The lowest BCUT2D eigenvalue weighted by Crippen LogP contribution is -2.59. The Morgan fingerprint density at radius 2 is 1.89 bits per heavy atom. The Hall–Kier alpha value is -2.36. The molecular weight excluding hydrogens is 560 g/mol. The molecule has 5 aliphatic rings. The lowest BCUT2D eigenvalue weighted by Gasteiger charge is -2.49. The van der Waals surface area contributed by atoms with Crippen molar-refractivity contribution in [2.24, 2.45) is 23.7 Å². The number of ether oxygens (including phenoxy) is 4. The molecule has 0 aromatic heterocycles. The van der Waals surface area contributed by atoms with E-state index in [1.807, 2.05) is 19.9 Å². The number of aliphatic hydroxyl groups is 2. The molecule has 0 radical (unpaired) electrons. The quantitative estimate of drug-likeness (QED) is 0.320. The predicted molar refractivity (Wildman–Crippen MR) is 166 cm³/mol. The summed E-state index contributed by atoms with van der Waals surface area (Å²) in [7, 11) is 0. The third-order valence-electron chi connectivity index (χ3n) is 9.91. The number of rotatable bonds is 2. The van der Waals surface area contributed by atoms with Gasteiger partial charge in [0.05, 0.1) is 25.2 Å². The average molecular weight is 611 g/mol. The minimum absolute atomic E-state index is 0.0628. The van der Waals surface area contributed by atoms with Gasteiger partial charge in [-0.15, -0.1) is 0 Å². The number of aliphatic hydroxyl groups excluding tert-OH is 1. The first-order chi connectivity index (χ1) is 20.7.